The third-order valence-corrected chi connectivity index (χ3v) is 5.06. The number of carbonyl (C=O) groups is 3. The molecule has 3 unspecified atom stereocenters. The van der Waals surface area contributed by atoms with Crippen LogP contribution in [-0.4, -0.2) is 71.6 Å². The van der Waals surface area contributed by atoms with Gasteiger partial charge in [-0.25, -0.2) is 4.79 Å². The molecule has 0 rings (SSSR count). The fourth-order valence-electron chi connectivity index (χ4n) is 2.18. The molecular weight excluding hydrogens is 376 g/mol. The predicted octanol–water partition coefficient (Wildman–Crippen LogP) is 0.00310. The Morgan fingerprint density at radius 2 is 1.50 bits per heavy atom. The van der Waals surface area contributed by atoms with E-state index in [1.165, 1.54) is 11.8 Å². The van der Waals surface area contributed by atoms with Crippen LogP contribution in [0.4, 0.5) is 0 Å². The van der Waals surface area contributed by atoms with Gasteiger partial charge in [-0.05, 0) is 62.7 Å². The lowest BCUT2D eigenvalue weighted by Crippen LogP contribution is -2.54. The zero-order chi connectivity index (χ0) is 19.9. The minimum atomic E-state index is -1.09. The molecule has 0 aromatic carbocycles. The van der Waals surface area contributed by atoms with Crippen LogP contribution in [0.1, 0.15) is 32.1 Å². The van der Waals surface area contributed by atoms with Gasteiger partial charge in [-0.2, -0.15) is 23.5 Å². The van der Waals surface area contributed by atoms with Gasteiger partial charge in [0.1, 0.15) is 12.1 Å². The number of unbranched alkanes of at least 4 members (excludes halogenated alkanes) is 1. The lowest BCUT2D eigenvalue weighted by Gasteiger charge is -2.23. The molecule has 3 atom stereocenters. The molecule has 0 saturated heterocycles. The lowest BCUT2D eigenvalue weighted by atomic mass is 10.1. The first-order valence-corrected chi connectivity index (χ1v) is 11.4. The van der Waals surface area contributed by atoms with E-state index in [0.29, 0.717) is 44.4 Å². The number of nitrogens with one attached hydrogen (secondary N) is 2. The number of carbonyl (C=O) groups excluding carboxylic acids is 2. The van der Waals surface area contributed by atoms with E-state index < -0.39 is 35.9 Å². The Morgan fingerprint density at radius 3 is 2.04 bits per heavy atom. The van der Waals surface area contributed by atoms with Gasteiger partial charge >= 0.3 is 5.97 Å². The average molecular weight is 409 g/mol. The van der Waals surface area contributed by atoms with E-state index in [-0.39, 0.29) is 0 Å². The summed E-state index contributed by atoms with van der Waals surface area (Å²) in [5.74, 6) is -0.630. The van der Waals surface area contributed by atoms with Gasteiger partial charge in [0.05, 0.1) is 6.04 Å². The monoisotopic (exact) mass is 408 g/mol. The van der Waals surface area contributed by atoms with E-state index >= 15 is 0 Å². The van der Waals surface area contributed by atoms with Crippen LogP contribution in [0.5, 0.6) is 0 Å². The number of hydrogen-bond donors (Lipinski definition) is 5. The van der Waals surface area contributed by atoms with Crippen molar-refractivity contribution in [3.05, 3.63) is 0 Å². The number of carboxylic acid groups (broad SMARTS) is 1. The maximum Gasteiger partial charge on any atom is 0.326 e. The number of amides is 2. The molecule has 0 bridgehead atoms. The summed E-state index contributed by atoms with van der Waals surface area (Å²) in [5.41, 5.74) is 11.3. The number of nitrogens with two attached hydrogens (primary N) is 2. The quantitative estimate of drug-likeness (QED) is 0.238. The highest BCUT2D eigenvalue weighted by molar-refractivity contribution is 7.98. The number of carboxylic acids is 1. The molecular formula is C16H32N4O4S2. The molecule has 0 fully saturated rings. The SMILES string of the molecule is CSCCC(N)C(=O)NC(CCCCN)C(=O)NC(CCSC)C(=O)O. The molecule has 8 nitrogen and oxygen atoms in total. The maximum absolute atomic E-state index is 12.5. The summed E-state index contributed by atoms with van der Waals surface area (Å²) in [5, 5.41) is 14.4. The van der Waals surface area contributed by atoms with E-state index in [1.807, 2.05) is 12.5 Å². The van der Waals surface area contributed by atoms with E-state index in [2.05, 4.69) is 10.6 Å². The van der Waals surface area contributed by atoms with Crippen LogP contribution in [0.2, 0.25) is 0 Å². The normalized spacial score (nSPS) is 14.3. The first-order chi connectivity index (χ1) is 12.4. The van der Waals surface area contributed by atoms with Crippen molar-refractivity contribution in [1.29, 1.82) is 0 Å². The molecule has 0 heterocycles. The summed E-state index contributed by atoms with van der Waals surface area (Å²) >= 11 is 3.09. The molecule has 7 N–H and O–H groups in total. The Kier molecular flexibility index (Phi) is 14.6. The molecule has 0 spiro atoms. The van der Waals surface area contributed by atoms with Crippen molar-refractivity contribution in [2.75, 3.05) is 30.6 Å². The van der Waals surface area contributed by atoms with Gasteiger partial charge in [-0.1, -0.05) is 0 Å². The van der Waals surface area contributed by atoms with E-state index in [4.69, 9.17) is 11.5 Å². The molecule has 0 aliphatic carbocycles. The fraction of sp³-hybridized carbons (Fsp3) is 0.812. The Labute approximate surface area is 164 Å². The van der Waals surface area contributed by atoms with Crippen molar-refractivity contribution in [1.82, 2.24) is 10.6 Å². The zero-order valence-corrected chi connectivity index (χ0v) is 17.2. The van der Waals surface area contributed by atoms with Crippen LogP contribution < -0.4 is 22.1 Å². The minimum Gasteiger partial charge on any atom is -0.480 e. The minimum absolute atomic E-state index is 0.318. The Morgan fingerprint density at radius 1 is 0.923 bits per heavy atom. The summed E-state index contributed by atoms with van der Waals surface area (Å²) in [6, 6.07) is -2.49. The molecule has 10 heteroatoms. The van der Waals surface area contributed by atoms with Gasteiger partial charge in [0.25, 0.3) is 0 Å². The fourth-order valence-corrected chi connectivity index (χ4v) is 3.14. The van der Waals surface area contributed by atoms with E-state index in [9.17, 15) is 19.5 Å². The van der Waals surface area contributed by atoms with Crippen LogP contribution in [-0.2, 0) is 14.4 Å². The standard InChI is InChI=1S/C16H32N4O4S2/c1-25-9-6-11(18)14(21)19-12(5-3-4-8-17)15(22)20-13(16(23)24)7-10-26-2/h11-13H,3-10,17-18H2,1-2H3,(H,19,21)(H,20,22)(H,23,24). The number of hydrogen-bond acceptors (Lipinski definition) is 7. The highest BCUT2D eigenvalue weighted by Crippen LogP contribution is 2.06. The van der Waals surface area contributed by atoms with Crippen LogP contribution in [0, 0.1) is 0 Å². The summed E-state index contributed by atoms with van der Waals surface area (Å²) < 4.78 is 0. The highest BCUT2D eigenvalue weighted by Gasteiger charge is 2.27. The van der Waals surface area contributed by atoms with Crippen molar-refractivity contribution in [3.8, 4) is 0 Å². The predicted molar refractivity (Wildman–Crippen MR) is 108 cm³/mol. The van der Waals surface area contributed by atoms with E-state index in [0.717, 1.165) is 5.75 Å². The second-order valence-corrected chi connectivity index (χ2v) is 7.89. The van der Waals surface area contributed by atoms with Crippen molar-refractivity contribution in [2.24, 2.45) is 11.5 Å². The van der Waals surface area contributed by atoms with Crippen LogP contribution in [0.3, 0.4) is 0 Å². The molecule has 0 aliphatic rings. The van der Waals surface area contributed by atoms with Gasteiger partial charge in [0, 0.05) is 0 Å². The van der Waals surface area contributed by atoms with Gasteiger partial charge in [-0.15, -0.1) is 0 Å². The summed E-state index contributed by atoms with van der Waals surface area (Å²) in [7, 11) is 0. The van der Waals surface area contributed by atoms with Crippen LogP contribution in [0.25, 0.3) is 0 Å². The topological polar surface area (TPSA) is 148 Å². The second-order valence-electron chi connectivity index (χ2n) is 5.91. The molecule has 0 radical (unpaired) electrons. The molecule has 0 aromatic rings. The van der Waals surface area contributed by atoms with Crippen molar-refractivity contribution >= 4 is 41.3 Å². The molecule has 152 valence electrons. The second kappa shape index (κ2) is 15.1. The smallest absolute Gasteiger partial charge is 0.326 e. The van der Waals surface area contributed by atoms with Crippen molar-refractivity contribution in [3.63, 3.8) is 0 Å². The summed E-state index contributed by atoms with van der Waals surface area (Å²) in [6.07, 6.45) is 6.37. The average Bonchev–Trinajstić information content (AvgIpc) is 2.61. The first-order valence-electron chi connectivity index (χ1n) is 8.64. The first kappa shape index (κ1) is 25.0. The highest BCUT2D eigenvalue weighted by atomic mass is 32.2. The van der Waals surface area contributed by atoms with Crippen molar-refractivity contribution in [2.45, 2.75) is 50.2 Å². The molecule has 0 aromatic heterocycles. The Balaban J connectivity index is 4.88. The molecule has 0 aliphatic heterocycles. The third-order valence-electron chi connectivity index (χ3n) is 3.77. The molecule has 0 saturated carbocycles. The molecule has 26 heavy (non-hydrogen) atoms. The van der Waals surface area contributed by atoms with Gasteiger partial charge < -0.3 is 27.2 Å². The number of aliphatic carboxylic acids is 1. The summed E-state index contributed by atoms with van der Waals surface area (Å²) in [6.45, 7) is 0.487. The van der Waals surface area contributed by atoms with Gasteiger partial charge in [0.2, 0.25) is 11.8 Å². The maximum atomic E-state index is 12.5. The zero-order valence-electron chi connectivity index (χ0n) is 15.5. The van der Waals surface area contributed by atoms with E-state index in [1.54, 1.807) is 11.8 Å². The van der Waals surface area contributed by atoms with Crippen LogP contribution in [0.15, 0.2) is 0 Å². The lowest BCUT2D eigenvalue weighted by molar-refractivity contribution is -0.142. The van der Waals surface area contributed by atoms with Gasteiger partial charge in [0.15, 0.2) is 0 Å². The molecule has 2 amide bonds. The number of thioether (sulfide) groups is 2. The van der Waals surface area contributed by atoms with Crippen molar-refractivity contribution < 1.29 is 19.5 Å². The number of rotatable bonds is 15. The summed E-state index contributed by atoms with van der Waals surface area (Å²) in [4.78, 5) is 36.1. The Hall–Kier alpha value is -0.970. The Bertz CT molecular complexity index is 440. The third kappa shape index (κ3) is 10.9. The van der Waals surface area contributed by atoms with Crippen LogP contribution >= 0.6 is 23.5 Å². The van der Waals surface area contributed by atoms with Gasteiger partial charge in [-0.3, -0.25) is 9.59 Å². The largest absolute Gasteiger partial charge is 0.480 e.